The van der Waals surface area contributed by atoms with Crippen molar-refractivity contribution in [3.05, 3.63) is 57.1 Å². The van der Waals surface area contributed by atoms with Crippen molar-refractivity contribution in [3.63, 3.8) is 0 Å². The molecule has 0 bridgehead atoms. The summed E-state index contributed by atoms with van der Waals surface area (Å²) in [4.78, 5) is 30.5. The van der Waals surface area contributed by atoms with E-state index in [9.17, 15) is 35.9 Å². The molecule has 0 unspecified atom stereocenters. The van der Waals surface area contributed by atoms with Gasteiger partial charge in [-0.3, -0.25) is 4.79 Å². The van der Waals surface area contributed by atoms with Crippen LogP contribution in [0, 0.1) is 0 Å². The van der Waals surface area contributed by atoms with Gasteiger partial charge < -0.3 is 16.0 Å². The summed E-state index contributed by atoms with van der Waals surface area (Å²) in [7, 11) is 0. The van der Waals surface area contributed by atoms with Crippen molar-refractivity contribution in [2.24, 2.45) is 0 Å². The third kappa shape index (κ3) is 5.15. The Labute approximate surface area is 185 Å². The first-order chi connectivity index (χ1) is 14.8. The number of hydrogen-bond acceptors (Lipinski definition) is 4. The zero-order valence-corrected chi connectivity index (χ0v) is 16.9. The van der Waals surface area contributed by atoms with Crippen LogP contribution >= 0.6 is 23.2 Å². The summed E-state index contributed by atoms with van der Waals surface area (Å²) in [6, 6.07) is -0.492. The van der Waals surface area contributed by atoms with Gasteiger partial charge in [-0.2, -0.15) is 26.3 Å². The number of pyridine rings is 2. The minimum absolute atomic E-state index is 0.120. The highest BCUT2D eigenvalue weighted by molar-refractivity contribution is 6.31. The van der Waals surface area contributed by atoms with Crippen molar-refractivity contribution in [2.45, 2.75) is 24.4 Å². The molecule has 2 aromatic heterocycles. The lowest BCUT2D eigenvalue weighted by Gasteiger charge is -2.22. The van der Waals surface area contributed by atoms with Crippen molar-refractivity contribution >= 4 is 35.1 Å². The van der Waals surface area contributed by atoms with Crippen LogP contribution in [0.3, 0.4) is 0 Å². The van der Waals surface area contributed by atoms with E-state index in [1.54, 1.807) is 0 Å². The SMILES string of the molecule is O=C1NC[C@@H](C(=O)N[C@H](c2cnc(C(F)(F)F)c(Cl)c2)c2ccc(Cl)c(C(F)(F)F)n2)N1. The maximum atomic E-state index is 13.2. The number of amides is 3. The molecule has 7 nitrogen and oxygen atoms in total. The number of rotatable bonds is 4. The molecule has 1 aliphatic rings. The van der Waals surface area contributed by atoms with Crippen molar-refractivity contribution in [1.29, 1.82) is 0 Å². The fourth-order valence-corrected chi connectivity index (χ4v) is 3.31. The molecular weight excluding hydrogens is 491 g/mol. The Bertz CT molecular complexity index is 1060. The summed E-state index contributed by atoms with van der Waals surface area (Å²) in [6.07, 6.45) is -9.12. The summed E-state index contributed by atoms with van der Waals surface area (Å²) >= 11 is 11.2. The summed E-state index contributed by atoms with van der Waals surface area (Å²) in [5.41, 5.74) is -3.46. The van der Waals surface area contributed by atoms with E-state index >= 15 is 0 Å². The monoisotopic (exact) mass is 501 g/mol. The molecule has 15 heteroatoms. The number of hydrogen-bond donors (Lipinski definition) is 3. The molecule has 2 aromatic rings. The molecule has 1 fully saturated rings. The largest absolute Gasteiger partial charge is 0.434 e. The number of nitrogens with zero attached hydrogens (tertiary/aromatic N) is 2. The van der Waals surface area contributed by atoms with E-state index in [1.165, 1.54) is 0 Å². The smallest absolute Gasteiger partial charge is 0.342 e. The van der Waals surface area contributed by atoms with Crippen LogP contribution in [0.2, 0.25) is 10.0 Å². The summed E-state index contributed by atoms with van der Waals surface area (Å²) in [5, 5.41) is 5.39. The normalized spacial score (nSPS) is 17.5. The average Bonchev–Trinajstić information content (AvgIpc) is 3.11. The van der Waals surface area contributed by atoms with Crippen molar-refractivity contribution in [3.8, 4) is 0 Å². The molecule has 1 saturated heterocycles. The fourth-order valence-electron chi connectivity index (χ4n) is 2.82. The van der Waals surface area contributed by atoms with E-state index in [0.717, 1.165) is 18.2 Å². The molecule has 0 spiro atoms. The van der Waals surface area contributed by atoms with Crippen LogP contribution < -0.4 is 16.0 Å². The van der Waals surface area contributed by atoms with Gasteiger partial charge in [0.2, 0.25) is 5.91 Å². The molecule has 172 valence electrons. The molecule has 3 amide bonds. The van der Waals surface area contributed by atoms with Crippen LogP contribution in [-0.4, -0.2) is 34.5 Å². The van der Waals surface area contributed by atoms with Crippen LogP contribution in [0.1, 0.15) is 28.7 Å². The molecule has 3 N–H and O–H groups in total. The Balaban J connectivity index is 2.05. The average molecular weight is 502 g/mol. The second-order valence-corrected chi connectivity index (χ2v) is 7.32. The molecule has 3 heterocycles. The van der Waals surface area contributed by atoms with Crippen LogP contribution in [0.15, 0.2) is 24.4 Å². The number of aromatic nitrogens is 2. The van der Waals surface area contributed by atoms with Crippen molar-refractivity contribution in [1.82, 2.24) is 25.9 Å². The Kier molecular flexibility index (Phi) is 6.43. The lowest BCUT2D eigenvalue weighted by atomic mass is 10.0. The summed E-state index contributed by atoms with van der Waals surface area (Å²) in [6.45, 7) is -0.120. The first kappa shape index (κ1) is 23.9. The number of carbonyl (C=O) groups excluding carboxylic acids is 2. The van der Waals surface area contributed by atoms with Crippen LogP contribution in [-0.2, 0) is 17.1 Å². The van der Waals surface area contributed by atoms with Gasteiger partial charge in [0.05, 0.1) is 21.8 Å². The quantitative estimate of drug-likeness (QED) is 0.556. The lowest BCUT2D eigenvalue weighted by Crippen LogP contribution is -2.44. The second kappa shape index (κ2) is 8.62. The first-order valence-corrected chi connectivity index (χ1v) is 9.34. The van der Waals surface area contributed by atoms with Crippen LogP contribution in [0.4, 0.5) is 31.1 Å². The highest BCUT2D eigenvalue weighted by atomic mass is 35.5. The fraction of sp³-hybridized carbons (Fsp3) is 0.294. The van der Waals surface area contributed by atoms with E-state index in [1.807, 2.05) is 0 Å². The van der Waals surface area contributed by atoms with Gasteiger partial charge in [0.1, 0.15) is 6.04 Å². The number of urea groups is 1. The van der Waals surface area contributed by atoms with Crippen LogP contribution in [0.25, 0.3) is 0 Å². The third-order valence-corrected chi connectivity index (χ3v) is 4.86. The van der Waals surface area contributed by atoms with Crippen molar-refractivity contribution in [2.75, 3.05) is 6.54 Å². The standard InChI is InChI=1S/C17H11Cl2F6N5O2/c18-7-1-2-9(28-13(7)17(23,24)25)11(30-14(31)10-5-27-15(32)29-10)6-3-8(19)12(26-4-6)16(20,21)22/h1-4,10-11H,5H2,(H,30,31)(H2,27,29,32)/t10-,11+/m0/s1. The molecule has 0 aromatic carbocycles. The first-order valence-electron chi connectivity index (χ1n) is 8.58. The van der Waals surface area contributed by atoms with Crippen molar-refractivity contribution < 1.29 is 35.9 Å². The second-order valence-electron chi connectivity index (χ2n) is 6.51. The van der Waals surface area contributed by atoms with Gasteiger partial charge in [-0.05, 0) is 18.2 Å². The molecule has 3 rings (SSSR count). The Morgan fingerprint density at radius 3 is 2.28 bits per heavy atom. The van der Waals surface area contributed by atoms with E-state index in [0.29, 0.717) is 6.20 Å². The molecule has 32 heavy (non-hydrogen) atoms. The number of nitrogens with one attached hydrogen (secondary N) is 3. The van der Waals surface area contributed by atoms with Gasteiger partial charge in [-0.15, -0.1) is 0 Å². The minimum Gasteiger partial charge on any atom is -0.342 e. The zero-order chi connectivity index (χ0) is 23.8. The Morgan fingerprint density at radius 2 is 1.75 bits per heavy atom. The maximum Gasteiger partial charge on any atom is 0.434 e. The summed E-state index contributed by atoms with van der Waals surface area (Å²) < 4.78 is 78.6. The Hall–Kier alpha value is -2.80. The van der Waals surface area contributed by atoms with Crippen LogP contribution in [0.5, 0.6) is 0 Å². The molecule has 2 atom stereocenters. The van der Waals surface area contributed by atoms with Gasteiger partial charge in [0.25, 0.3) is 0 Å². The maximum absolute atomic E-state index is 13.2. The van der Waals surface area contributed by atoms with Gasteiger partial charge in [0, 0.05) is 18.3 Å². The lowest BCUT2D eigenvalue weighted by molar-refractivity contribution is -0.142. The van der Waals surface area contributed by atoms with E-state index < -0.39 is 63.5 Å². The zero-order valence-electron chi connectivity index (χ0n) is 15.4. The van der Waals surface area contributed by atoms with Gasteiger partial charge in [-0.25, -0.2) is 14.8 Å². The molecular formula is C17H11Cl2F6N5O2. The summed E-state index contributed by atoms with van der Waals surface area (Å²) in [5.74, 6) is -0.838. The van der Waals surface area contributed by atoms with Gasteiger partial charge >= 0.3 is 18.4 Å². The predicted octanol–water partition coefficient (Wildman–Crippen LogP) is 3.71. The number of halogens is 8. The topological polar surface area (TPSA) is 96.0 Å². The molecule has 0 aliphatic carbocycles. The number of alkyl halides is 6. The van der Waals surface area contributed by atoms with E-state index in [4.69, 9.17) is 23.2 Å². The number of carbonyl (C=O) groups is 2. The predicted molar refractivity (Wildman–Crippen MR) is 98.8 cm³/mol. The highest BCUT2D eigenvalue weighted by Gasteiger charge is 2.38. The van der Waals surface area contributed by atoms with Gasteiger partial charge in [-0.1, -0.05) is 23.2 Å². The third-order valence-electron chi connectivity index (χ3n) is 4.27. The Morgan fingerprint density at radius 1 is 1.09 bits per heavy atom. The minimum atomic E-state index is -4.94. The van der Waals surface area contributed by atoms with Gasteiger partial charge in [0.15, 0.2) is 11.4 Å². The highest BCUT2D eigenvalue weighted by Crippen LogP contribution is 2.37. The molecule has 0 radical (unpaired) electrons. The van der Waals surface area contributed by atoms with E-state index in [-0.39, 0.29) is 12.1 Å². The van der Waals surface area contributed by atoms with E-state index in [2.05, 4.69) is 25.9 Å². The molecule has 1 aliphatic heterocycles. The molecule has 0 saturated carbocycles.